The second-order valence-electron chi connectivity index (χ2n) is 4.60. The van der Waals surface area contributed by atoms with Crippen LogP contribution in [0, 0.1) is 10.1 Å². The Kier molecular flexibility index (Phi) is 4.99. The summed E-state index contributed by atoms with van der Waals surface area (Å²) in [7, 11) is 1.60. The number of benzene rings is 1. The highest BCUT2D eigenvalue weighted by molar-refractivity contribution is 6.42. The van der Waals surface area contributed by atoms with Crippen LogP contribution in [0.25, 0.3) is 0 Å². The van der Waals surface area contributed by atoms with E-state index in [0.29, 0.717) is 16.6 Å². The summed E-state index contributed by atoms with van der Waals surface area (Å²) in [5.41, 5.74) is 0.806. The van der Waals surface area contributed by atoms with Crippen LogP contribution in [0.15, 0.2) is 30.5 Å². The van der Waals surface area contributed by atoms with E-state index in [4.69, 9.17) is 23.2 Å². The van der Waals surface area contributed by atoms with Gasteiger partial charge in [-0.25, -0.2) is 0 Å². The van der Waals surface area contributed by atoms with Crippen LogP contribution in [0.4, 0.5) is 5.82 Å². The van der Waals surface area contributed by atoms with E-state index in [0.717, 1.165) is 10.2 Å². The van der Waals surface area contributed by atoms with Crippen molar-refractivity contribution in [3.8, 4) is 0 Å². The molecule has 2 rings (SSSR count). The first-order valence-electron chi connectivity index (χ1n) is 6.22. The van der Waals surface area contributed by atoms with E-state index in [9.17, 15) is 14.9 Å². The van der Waals surface area contributed by atoms with Gasteiger partial charge in [0.15, 0.2) is 6.54 Å². The van der Waals surface area contributed by atoms with Crippen LogP contribution in [0.3, 0.4) is 0 Å². The highest BCUT2D eigenvalue weighted by atomic mass is 35.5. The van der Waals surface area contributed by atoms with Gasteiger partial charge in [-0.15, -0.1) is 4.68 Å². The molecule has 7 nitrogen and oxygen atoms in total. The van der Waals surface area contributed by atoms with Gasteiger partial charge in [0.2, 0.25) is 0 Å². The molecule has 0 aliphatic heterocycles. The van der Waals surface area contributed by atoms with Crippen LogP contribution in [0.1, 0.15) is 5.56 Å². The van der Waals surface area contributed by atoms with E-state index in [1.54, 1.807) is 25.2 Å². The van der Waals surface area contributed by atoms with Crippen molar-refractivity contribution in [1.82, 2.24) is 14.7 Å². The average molecular weight is 343 g/mol. The van der Waals surface area contributed by atoms with E-state index >= 15 is 0 Å². The predicted octanol–water partition coefficient (Wildman–Crippen LogP) is 2.76. The van der Waals surface area contributed by atoms with Gasteiger partial charge < -0.3 is 15.0 Å². The van der Waals surface area contributed by atoms with Crippen LogP contribution in [0.2, 0.25) is 10.0 Å². The number of halogens is 2. The summed E-state index contributed by atoms with van der Waals surface area (Å²) >= 11 is 11.8. The second kappa shape index (κ2) is 6.76. The molecule has 1 aromatic carbocycles. The first-order chi connectivity index (χ1) is 10.4. The minimum absolute atomic E-state index is 0.207. The number of hydrogen-bond donors (Lipinski definition) is 0. The third-order valence-corrected chi connectivity index (χ3v) is 3.73. The minimum Gasteiger partial charge on any atom is -0.358 e. The summed E-state index contributed by atoms with van der Waals surface area (Å²) in [4.78, 5) is 23.8. The lowest BCUT2D eigenvalue weighted by atomic mass is 10.2. The maximum atomic E-state index is 12.1. The van der Waals surface area contributed by atoms with Crippen LogP contribution < -0.4 is 0 Å². The zero-order chi connectivity index (χ0) is 16.3. The fourth-order valence-electron chi connectivity index (χ4n) is 1.85. The van der Waals surface area contributed by atoms with Gasteiger partial charge in [0, 0.05) is 13.6 Å². The topological polar surface area (TPSA) is 81.3 Å². The molecule has 116 valence electrons. The van der Waals surface area contributed by atoms with Crippen molar-refractivity contribution in [1.29, 1.82) is 0 Å². The quantitative estimate of drug-likeness (QED) is 0.617. The lowest BCUT2D eigenvalue weighted by Crippen LogP contribution is -2.30. The molecule has 0 fully saturated rings. The molecule has 0 atom stereocenters. The SMILES string of the molecule is CN(Cc1ccc(Cl)c(Cl)c1)C(=O)Cn1nccc1[N+](=O)[O-]. The molecule has 0 N–H and O–H groups in total. The summed E-state index contributed by atoms with van der Waals surface area (Å²) in [6.07, 6.45) is 1.28. The Bertz CT molecular complexity index is 717. The average Bonchev–Trinajstić information content (AvgIpc) is 2.91. The van der Waals surface area contributed by atoms with Crippen molar-refractivity contribution < 1.29 is 9.72 Å². The number of carbonyl (C=O) groups excluding carboxylic acids is 1. The van der Waals surface area contributed by atoms with Crippen LogP contribution in [-0.2, 0) is 17.9 Å². The first kappa shape index (κ1) is 16.3. The van der Waals surface area contributed by atoms with Gasteiger partial charge in [0.1, 0.15) is 0 Å². The summed E-state index contributed by atoms with van der Waals surface area (Å²) < 4.78 is 1.05. The van der Waals surface area contributed by atoms with Gasteiger partial charge >= 0.3 is 5.82 Å². The first-order valence-corrected chi connectivity index (χ1v) is 6.98. The Balaban J connectivity index is 2.04. The van der Waals surface area contributed by atoms with Crippen molar-refractivity contribution in [3.63, 3.8) is 0 Å². The number of hydrogen-bond acceptors (Lipinski definition) is 4. The molecule has 0 bridgehead atoms. The summed E-state index contributed by atoms with van der Waals surface area (Å²) in [6, 6.07) is 6.32. The second-order valence-corrected chi connectivity index (χ2v) is 5.42. The molecular formula is C13H12Cl2N4O3. The highest BCUT2D eigenvalue weighted by Gasteiger charge is 2.19. The number of carbonyl (C=O) groups is 1. The van der Waals surface area contributed by atoms with Gasteiger partial charge in [-0.1, -0.05) is 34.4 Å². The van der Waals surface area contributed by atoms with E-state index in [1.807, 2.05) is 0 Å². The minimum atomic E-state index is -0.584. The lowest BCUT2D eigenvalue weighted by Gasteiger charge is -2.16. The Labute approximate surface area is 136 Å². The zero-order valence-corrected chi connectivity index (χ0v) is 13.1. The summed E-state index contributed by atoms with van der Waals surface area (Å²) in [5.74, 6) is -0.533. The lowest BCUT2D eigenvalue weighted by molar-refractivity contribution is -0.392. The number of likely N-dealkylation sites (N-methyl/N-ethyl adjacent to an activating group) is 1. The number of nitrogens with zero attached hydrogens (tertiary/aromatic N) is 4. The van der Waals surface area contributed by atoms with Crippen molar-refractivity contribution >= 4 is 34.9 Å². The molecule has 1 heterocycles. The molecule has 0 unspecified atom stereocenters. The molecule has 0 saturated carbocycles. The van der Waals surface area contributed by atoms with Crippen molar-refractivity contribution in [3.05, 3.63) is 56.2 Å². The molecular weight excluding hydrogens is 331 g/mol. The predicted molar refractivity (Wildman–Crippen MR) is 81.8 cm³/mol. The monoisotopic (exact) mass is 342 g/mol. The molecule has 0 aliphatic carbocycles. The van der Waals surface area contributed by atoms with Gasteiger partial charge in [0.25, 0.3) is 5.91 Å². The standard InChI is InChI=1S/C13H12Cl2N4O3/c1-17(7-9-2-3-10(14)11(15)6-9)13(20)8-18-12(19(21)22)4-5-16-18/h2-6H,7-8H2,1H3. The Morgan fingerprint density at radius 2 is 2.09 bits per heavy atom. The van der Waals surface area contributed by atoms with E-state index in [-0.39, 0.29) is 18.3 Å². The van der Waals surface area contributed by atoms with Crippen LogP contribution >= 0.6 is 23.2 Å². The maximum absolute atomic E-state index is 12.1. The molecule has 0 aliphatic rings. The molecule has 2 aromatic rings. The largest absolute Gasteiger partial charge is 0.358 e. The molecule has 9 heteroatoms. The zero-order valence-electron chi connectivity index (χ0n) is 11.6. The molecule has 22 heavy (non-hydrogen) atoms. The number of nitro groups is 1. The van der Waals surface area contributed by atoms with E-state index in [1.165, 1.54) is 17.2 Å². The fourth-order valence-corrected chi connectivity index (χ4v) is 2.17. The van der Waals surface area contributed by atoms with Gasteiger partial charge in [-0.2, -0.15) is 0 Å². The van der Waals surface area contributed by atoms with Crippen molar-refractivity contribution in [2.24, 2.45) is 0 Å². The third-order valence-electron chi connectivity index (χ3n) is 3.00. The maximum Gasteiger partial charge on any atom is 0.345 e. The Hall–Kier alpha value is -2.12. The van der Waals surface area contributed by atoms with E-state index < -0.39 is 4.92 Å². The number of amides is 1. The number of rotatable bonds is 5. The molecule has 0 radical (unpaired) electrons. The van der Waals surface area contributed by atoms with Gasteiger partial charge in [-0.05, 0) is 22.6 Å². The van der Waals surface area contributed by atoms with E-state index in [2.05, 4.69) is 5.10 Å². The molecule has 1 amide bonds. The summed E-state index contributed by atoms with van der Waals surface area (Å²) in [6.45, 7) is 0.103. The Morgan fingerprint density at radius 1 is 1.36 bits per heavy atom. The highest BCUT2D eigenvalue weighted by Crippen LogP contribution is 2.23. The normalized spacial score (nSPS) is 10.5. The summed E-state index contributed by atoms with van der Waals surface area (Å²) in [5, 5.41) is 15.4. The third kappa shape index (κ3) is 3.75. The molecule has 0 saturated heterocycles. The van der Waals surface area contributed by atoms with Gasteiger partial charge in [-0.3, -0.25) is 4.79 Å². The van der Waals surface area contributed by atoms with Gasteiger partial charge in [0.05, 0.1) is 22.3 Å². The van der Waals surface area contributed by atoms with Crippen LogP contribution in [-0.4, -0.2) is 32.6 Å². The van der Waals surface area contributed by atoms with Crippen molar-refractivity contribution in [2.75, 3.05) is 7.05 Å². The fraction of sp³-hybridized carbons (Fsp3) is 0.231. The van der Waals surface area contributed by atoms with Crippen molar-refractivity contribution in [2.45, 2.75) is 13.1 Å². The molecule has 0 spiro atoms. The number of aromatic nitrogens is 2. The Morgan fingerprint density at radius 3 is 2.73 bits per heavy atom. The molecule has 1 aromatic heterocycles. The smallest absolute Gasteiger partial charge is 0.345 e. The van der Waals surface area contributed by atoms with Crippen LogP contribution in [0.5, 0.6) is 0 Å².